The van der Waals surface area contributed by atoms with Crippen molar-refractivity contribution in [2.75, 3.05) is 18.5 Å². The van der Waals surface area contributed by atoms with E-state index in [1.807, 2.05) is 20.8 Å². The van der Waals surface area contributed by atoms with Gasteiger partial charge in [-0.25, -0.2) is 4.79 Å². The first-order valence-electron chi connectivity index (χ1n) is 6.53. The predicted molar refractivity (Wildman–Crippen MR) is 82.5 cm³/mol. The highest BCUT2D eigenvalue weighted by Gasteiger charge is 2.15. The minimum Gasteiger partial charge on any atom is -0.491 e. The molecule has 0 fully saturated rings. The van der Waals surface area contributed by atoms with E-state index in [1.165, 1.54) is 0 Å². The van der Waals surface area contributed by atoms with Gasteiger partial charge in [0, 0.05) is 16.6 Å². The fourth-order valence-corrected chi connectivity index (χ4v) is 1.64. The molecule has 0 atom stereocenters. The molecule has 0 aromatic heterocycles. The van der Waals surface area contributed by atoms with Crippen LogP contribution in [0.15, 0.2) is 18.2 Å². The molecule has 0 saturated heterocycles. The number of halogens is 1. The normalized spacial score (nSPS) is 11.1. The highest BCUT2D eigenvalue weighted by atomic mass is 35.5. The molecule has 0 aliphatic heterocycles. The zero-order chi connectivity index (χ0) is 15.2. The Morgan fingerprint density at radius 2 is 2.10 bits per heavy atom. The van der Waals surface area contributed by atoms with Crippen LogP contribution in [-0.2, 0) is 0 Å². The van der Waals surface area contributed by atoms with E-state index in [0.29, 0.717) is 29.6 Å². The van der Waals surface area contributed by atoms with E-state index in [4.69, 9.17) is 22.1 Å². The highest BCUT2D eigenvalue weighted by molar-refractivity contribution is 6.30. The molecule has 0 heterocycles. The fraction of sp³-hybridized carbons (Fsp3) is 0.500. The third-order valence-electron chi connectivity index (χ3n) is 2.29. The van der Waals surface area contributed by atoms with Gasteiger partial charge in [-0.3, -0.25) is 0 Å². The lowest BCUT2D eigenvalue weighted by Gasteiger charge is -2.21. The molecule has 4 N–H and O–H groups in total. The monoisotopic (exact) mass is 299 g/mol. The van der Waals surface area contributed by atoms with Gasteiger partial charge in [0.1, 0.15) is 5.75 Å². The quantitative estimate of drug-likeness (QED) is 0.732. The van der Waals surface area contributed by atoms with Crippen LogP contribution in [0.1, 0.15) is 27.2 Å². The zero-order valence-corrected chi connectivity index (χ0v) is 12.9. The molecular formula is C14H22ClN3O2. The number of hydrogen-bond donors (Lipinski definition) is 3. The van der Waals surface area contributed by atoms with Crippen LogP contribution in [-0.4, -0.2) is 24.7 Å². The lowest BCUT2D eigenvalue weighted by Crippen LogP contribution is -2.43. The molecule has 1 rings (SSSR count). The number of hydrogen-bond acceptors (Lipinski definition) is 3. The van der Waals surface area contributed by atoms with Crippen LogP contribution in [0, 0.1) is 0 Å². The van der Waals surface area contributed by atoms with Crippen LogP contribution >= 0.6 is 11.6 Å². The first-order chi connectivity index (χ1) is 9.31. The largest absolute Gasteiger partial charge is 0.491 e. The maximum atomic E-state index is 11.9. The van der Waals surface area contributed by atoms with E-state index in [1.54, 1.807) is 18.2 Å². The molecule has 1 aromatic rings. The summed E-state index contributed by atoms with van der Waals surface area (Å²) in [6.45, 7) is 6.76. The second kappa shape index (κ2) is 7.36. The van der Waals surface area contributed by atoms with Crippen molar-refractivity contribution in [3.8, 4) is 5.75 Å². The third-order valence-corrected chi connectivity index (χ3v) is 2.52. The van der Waals surface area contributed by atoms with Crippen molar-refractivity contribution < 1.29 is 9.53 Å². The molecule has 2 amide bonds. The molecule has 0 spiro atoms. The summed E-state index contributed by atoms with van der Waals surface area (Å²) < 4.78 is 5.58. The predicted octanol–water partition coefficient (Wildman–Crippen LogP) is 2.99. The van der Waals surface area contributed by atoms with E-state index in [9.17, 15) is 4.79 Å². The molecular weight excluding hydrogens is 278 g/mol. The molecule has 0 unspecified atom stereocenters. The van der Waals surface area contributed by atoms with Gasteiger partial charge in [-0.2, -0.15) is 0 Å². The van der Waals surface area contributed by atoms with Gasteiger partial charge in [0.2, 0.25) is 0 Å². The molecule has 20 heavy (non-hydrogen) atoms. The summed E-state index contributed by atoms with van der Waals surface area (Å²) in [5.74, 6) is 0.537. The van der Waals surface area contributed by atoms with Crippen molar-refractivity contribution in [3.05, 3.63) is 23.2 Å². The molecule has 0 saturated carbocycles. The highest BCUT2D eigenvalue weighted by Crippen LogP contribution is 2.28. The smallest absolute Gasteiger partial charge is 0.319 e. The summed E-state index contributed by atoms with van der Waals surface area (Å²) in [5, 5.41) is 6.12. The van der Waals surface area contributed by atoms with Gasteiger partial charge < -0.3 is 21.1 Å². The zero-order valence-electron chi connectivity index (χ0n) is 12.1. The Bertz CT molecular complexity index is 458. The van der Waals surface area contributed by atoms with Crippen LogP contribution in [0.4, 0.5) is 10.5 Å². The summed E-state index contributed by atoms with van der Waals surface area (Å²) in [6, 6.07) is 4.79. The Balaban J connectivity index is 2.75. The molecule has 0 aliphatic carbocycles. The number of amides is 2. The number of carbonyl (C=O) groups excluding carboxylic acids is 1. The fourth-order valence-electron chi connectivity index (χ4n) is 1.48. The molecule has 5 nitrogen and oxygen atoms in total. The summed E-state index contributed by atoms with van der Waals surface area (Å²) in [6.07, 6.45) is 0.736. The van der Waals surface area contributed by atoms with E-state index in [0.717, 1.165) is 6.42 Å². The Morgan fingerprint density at radius 3 is 2.70 bits per heavy atom. The van der Waals surface area contributed by atoms with Gasteiger partial charge in [-0.15, -0.1) is 0 Å². The average molecular weight is 300 g/mol. The summed E-state index contributed by atoms with van der Waals surface area (Å²) in [4.78, 5) is 11.9. The maximum Gasteiger partial charge on any atom is 0.319 e. The van der Waals surface area contributed by atoms with Crippen molar-refractivity contribution >= 4 is 23.3 Å². The SMILES string of the molecule is CC(C)(C)NC(=O)Nc1ccc(Cl)cc1OCCCN. The van der Waals surface area contributed by atoms with Crippen LogP contribution in [0.5, 0.6) is 5.75 Å². The van der Waals surface area contributed by atoms with Crippen LogP contribution < -0.4 is 21.1 Å². The Hall–Kier alpha value is -1.46. The standard InChI is InChI=1S/C14H22ClN3O2/c1-14(2,3)18-13(19)17-11-6-5-10(15)9-12(11)20-8-4-7-16/h5-6,9H,4,7-8,16H2,1-3H3,(H2,17,18,19). The molecule has 1 aromatic carbocycles. The van der Waals surface area contributed by atoms with Crippen molar-refractivity contribution in [2.45, 2.75) is 32.7 Å². The summed E-state index contributed by atoms with van der Waals surface area (Å²) in [5.41, 5.74) is 5.69. The van der Waals surface area contributed by atoms with Crippen molar-refractivity contribution in [1.82, 2.24) is 5.32 Å². The van der Waals surface area contributed by atoms with E-state index in [2.05, 4.69) is 10.6 Å². The summed E-state index contributed by atoms with van der Waals surface area (Å²) in [7, 11) is 0. The van der Waals surface area contributed by atoms with Crippen molar-refractivity contribution in [3.63, 3.8) is 0 Å². The van der Waals surface area contributed by atoms with E-state index in [-0.39, 0.29) is 11.6 Å². The van der Waals surface area contributed by atoms with E-state index >= 15 is 0 Å². The molecule has 0 radical (unpaired) electrons. The van der Waals surface area contributed by atoms with Crippen LogP contribution in [0.2, 0.25) is 5.02 Å². The Morgan fingerprint density at radius 1 is 1.40 bits per heavy atom. The lowest BCUT2D eigenvalue weighted by molar-refractivity contribution is 0.243. The van der Waals surface area contributed by atoms with Gasteiger partial charge in [0.25, 0.3) is 0 Å². The summed E-state index contributed by atoms with van der Waals surface area (Å²) >= 11 is 5.94. The van der Waals surface area contributed by atoms with Crippen LogP contribution in [0.3, 0.4) is 0 Å². The van der Waals surface area contributed by atoms with Gasteiger partial charge in [-0.1, -0.05) is 11.6 Å². The molecule has 6 heteroatoms. The number of anilines is 1. The van der Waals surface area contributed by atoms with Gasteiger partial charge in [0.05, 0.1) is 12.3 Å². The molecule has 112 valence electrons. The Labute approximate surface area is 124 Å². The van der Waals surface area contributed by atoms with Gasteiger partial charge in [-0.05, 0) is 45.9 Å². The number of carbonyl (C=O) groups is 1. The molecule has 0 bridgehead atoms. The number of nitrogens with one attached hydrogen (secondary N) is 2. The third kappa shape index (κ3) is 6.12. The number of rotatable bonds is 5. The van der Waals surface area contributed by atoms with Crippen molar-refractivity contribution in [2.24, 2.45) is 5.73 Å². The minimum atomic E-state index is -0.308. The molecule has 0 aliphatic rings. The van der Waals surface area contributed by atoms with E-state index < -0.39 is 0 Å². The second-order valence-electron chi connectivity index (χ2n) is 5.46. The number of urea groups is 1. The maximum absolute atomic E-state index is 11.9. The Kier molecular flexibility index (Phi) is 6.10. The van der Waals surface area contributed by atoms with Gasteiger partial charge >= 0.3 is 6.03 Å². The lowest BCUT2D eigenvalue weighted by atomic mass is 10.1. The number of ether oxygens (including phenoxy) is 1. The topological polar surface area (TPSA) is 76.4 Å². The van der Waals surface area contributed by atoms with Crippen molar-refractivity contribution in [1.29, 1.82) is 0 Å². The average Bonchev–Trinajstić information content (AvgIpc) is 2.30. The van der Waals surface area contributed by atoms with Crippen LogP contribution in [0.25, 0.3) is 0 Å². The number of benzene rings is 1. The second-order valence-corrected chi connectivity index (χ2v) is 5.90. The minimum absolute atomic E-state index is 0.288. The first-order valence-corrected chi connectivity index (χ1v) is 6.91. The number of nitrogens with two attached hydrogens (primary N) is 1. The first kappa shape index (κ1) is 16.6. The van der Waals surface area contributed by atoms with Gasteiger partial charge in [0.15, 0.2) is 0 Å².